The van der Waals surface area contributed by atoms with Crippen LogP contribution in [0.2, 0.25) is 10.0 Å². The van der Waals surface area contributed by atoms with Gasteiger partial charge in [0.15, 0.2) is 0 Å². The summed E-state index contributed by atoms with van der Waals surface area (Å²) in [6, 6.07) is 15.7. The number of nitrogens with zero attached hydrogens (tertiary/aromatic N) is 2. The van der Waals surface area contributed by atoms with Gasteiger partial charge >= 0.3 is 0 Å². The molecule has 0 spiro atoms. The molecule has 3 aromatic rings. The molecule has 1 heterocycles. The van der Waals surface area contributed by atoms with Gasteiger partial charge in [-0.3, -0.25) is 4.79 Å². The summed E-state index contributed by atoms with van der Waals surface area (Å²) in [4.78, 5) is 21.0. The average molecular weight is 373 g/mol. The van der Waals surface area contributed by atoms with Gasteiger partial charge in [-0.05, 0) is 49.4 Å². The van der Waals surface area contributed by atoms with E-state index >= 15 is 0 Å². The molecule has 1 amide bonds. The van der Waals surface area contributed by atoms with Crippen molar-refractivity contribution >= 4 is 46.4 Å². The minimum absolute atomic E-state index is 0.247. The van der Waals surface area contributed by atoms with E-state index in [1.54, 1.807) is 43.3 Å². The molecule has 0 atom stereocenters. The van der Waals surface area contributed by atoms with E-state index in [0.29, 0.717) is 33.1 Å². The molecular formula is C18H14Cl2N4O. The van der Waals surface area contributed by atoms with Crippen molar-refractivity contribution in [1.82, 2.24) is 9.97 Å². The summed E-state index contributed by atoms with van der Waals surface area (Å²) in [6.07, 6.45) is 0. The van der Waals surface area contributed by atoms with E-state index < -0.39 is 0 Å². The molecule has 0 bridgehead atoms. The molecule has 5 nitrogen and oxygen atoms in total. The highest BCUT2D eigenvalue weighted by atomic mass is 35.5. The van der Waals surface area contributed by atoms with Crippen molar-refractivity contribution in [3.63, 3.8) is 0 Å². The van der Waals surface area contributed by atoms with Crippen LogP contribution >= 0.6 is 23.2 Å². The monoisotopic (exact) mass is 372 g/mol. The fraction of sp³-hybridized carbons (Fsp3) is 0.0556. The predicted octanol–water partition coefficient (Wildman–Crippen LogP) is 5.09. The lowest BCUT2D eigenvalue weighted by Gasteiger charge is -2.10. The normalized spacial score (nSPS) is 10.4. The molecule has 0 aliphatic carbocycles. The summed E-state index contributed by atoms with van der Waals surface area (Å²) >= 11 is 12.0. The largest absolute Gasteiger partial charge is 0.323 e. The fourth-order valence-electron chi connectivity index (χ4n) is 2.15. The third-order valence-corrected chi connectivity index (χ3v) is 3.89. The van der Waals surface area contributed by atoms with Crippen LogP contribution < -0.4 is 10.6 Å². The van der Waals surface area contributed by atoms with Gasteiger partial charge in [0.25, 0.3) is 5.91 Å². The van der Waals surface area contributed by atoms with Crippen molar-refractivity contribution < 1.29 is 4.79 Å². The zero-order chi connectivity index (χ0) is 17.8. The second-order valence-electron chi connectivity index (χ2n) is 5.28. The van der Waals surface area contributed by atoms with Crippen LogP contribution in [-0.2, 0) is 0 Å². The average Bonchev–Trinajstić information content (AvgIpc) is 2.58. The third-order valence-electron chi connectivity index (χ3n) is 3.31. The molecule has 126 valence electrons. The third kappa shape index (κ3) is 4.47. The number of carbonyl (C=O) groups is 1. The van der Waals surface area contributed by atoms with Crippen molar-refractivity contribution in [1.29, 1.82) is 0 Å². The van der Waals surface area contributed by atoms with Gasteiger partial charge in [-0.15, -0.1) is 0 Å². The van der Waals surface area contributed by atoms with Crippen LogP contribution in [0, 0.1) is 6.92 Å². The van der Waals surface area contributed by atoms with Crippen LogP contribution in [0.3, 0.4) is 0 Å². The molecule has 0 aliphatic rings. The summed E-state index contributed by atoms with van der Waals surface area (Å²) < 4.78 is 0. The Kier molecular flexibility index (Phi) is 5.16. The Bertz CT molecular complexity index is 913. The first-order valence-electron chi connectivity index (χ1n) is 7.45. The summed E-state index contributed by atoms with van der Waals surface area (Å²) in [5, 5.41) is 6.94. The van der Waals surface area contributed by atoms with Crippen molar-refractivity contribution in [2.45, 2.75) is 6.92 Å². The molecule has 0 aliphatic heterocycles. The van der Waals surface area contributed by atoms with E-state index in [1.807, 2.05) is 18.2 Å². The van der Waals surface area contributed by atoms with Gasteiger partial charge in [-0.25, -0.2) is 9.97 Å². The van der Waals surface area contributed by atoms with Crippen LogP contribution in [0.4, 0.5) is 17.3 Å². The van der Waals surface area contributed by atoms with Gasteiger partial charge in [-0.2, -0.15) is 0 Å². The van der Waals surface area contributed by atoms with Crippen LogP contribution in [0.1, 0.15) is 16.2 Å². The molecule has 7 heteroatoms. The molecule has 0 saturated heterocycles. The van der Waals surface area contributed by atoms with E-state index in [1.165, 1.54) is 0 Å². The SMILES string of the molecule is Cc1cc(C(=O)Nc2ccc(Cl)cc2)nc(Nc2ccccc2Cl)n1. The molecular weight excluding hydrogens is 359 g/mol. The number of nitrogens with one attached hydrogen (secondary N) is 2. The fourth-order valence-corrected chi connectivity index (χ4v) is 2.46. The second-order valence-corrected chi connectivity index (χ2v) is 6.13. The van der Waals surface area contributed by atoms with E-state index in [9.17, 15) is 4.79 Å². The Balaban J connectivity index is 1.82. The lowest BCUT2D eigenvalue weighted by atomic mass is 10.3. The van der Waals surface area contributed by atoms with Crippen molar-refractivity contribution in [3.05, 3.63) is 76.0 Å². The quantitative estimate of drug-likeness (QED) is 0.669. The number of para-hydroxylation sites is 1. The lowest BCUT2D eigenvalue weighted by Crippen LogP contribution is -2.15. The standard InChI is InChI=1S/C18H14Cl2N4O/c1-11-10-16(17(25)22-13-8-6-12(19)7-9-13)24-18(21-11)23-15-5-3-2-4-14(15)20/h2-10H,1H3,(H,22,25)(H,21,23,24). The van der Waals surface area contributed by atoms with Crippen LogP contribution in [0.5, 0.6) is 0 Å². The number of amides is 1. The number of benzene rings is 2. The molecule has 0 unspecified atom stereocenters. The molecule has 2 N–H and O–H groups in total. The highest BCUT2D eigenvalue weighted by molar-refractivity contribution is 6.33. The van der Waals surface area contributed by atoms with Crippen molar-refractivity contribution in [2.24, 2.45) is 0 Å². The van der Waals surface area contributed by atoms with E-state index in [4.69, 9.17) is 23.2 Å². The highest BCUT2D eigenvalue weighted by Gasteiger charge is 2.12. The number of hydrogen-bond donors (Lipinski definition) is 2. The van der Waals surface area contributed by atoms with Gasteiger partial charge in [-0.1, -0.05) is 35.3 Å². The summed E-state index contributed by atoms with van der Waals surface area (Å²) in [7, 11) is 0. The molecule has 0 radical (unpaired) electrons. The lowest BCUT2D eigenvalue weighted by molar-refractivity contribution is 0.102. The number of carbonyl (C=O) groups excluding carboxylic acids is 1. The first-order chi connectivity index (χ1) is 12.0. The number of halogens is 2. The Hall–Kier alpha value is -2.63. The molecule has 3 rings (SSSR count). The van der Waals surface area contributed by atoms with Crippen LogP contribution in [0.15, 0.2) is 54.6 Å². The zero-order valence-corrected chi connectivity index (χ0v) is 14.8. The van der Waals surface area contributed by atoms with Crippen molar-refractivity contribution in [2.75, 3.05) is 10.6 Å². The molecule has 25 heavy (non-hydrogen) atoms. The first kappa shape index (κ1) is 17.2. The second kappa shape index (κ2) is 7.51. The van der Waals surface area contributed by atoms with Gasteiger partial charge in [0.05, 0.1) is 10.7 Å². The number of rotatable bonds is 4. The molecule has 2 aromatic carbocycles. The Morgan fingerprint density at radius 2 is 1.72 bits per heavy atom. The Morgan fingerprint density at radius 1 is 1.00 bits per heavy atom. The summed E-state index contributed by atoms with van der Waals surface area (Å²) in [5.41, 5.74) is 2.20. The zero-order valence-electron chi connectivity index (χ0n) is 13.3. The number of aromatic nitrogens is 2. The summed E-state index contributed by atoms with van der Waals surface area (Å²) in [6.45, 7) is 1.79. The van der Waals surface area contributed by atoms with E-state index in [2.05, 4.69) is 20.6 Å². The maximum Gasteiger partial charge on any atom is 0.274 e. The topological polar surface area (TPSA) is 66.9 Å². The minimum Gasteiger partial charge on any atom is -0.323 e. The predicted molar refractivity (Wildman–Crippen MR) is 101 cm³/mol. The Morgan fingerprint density at radius 3 is 2.44 bits per heavy atom. The maximum atomic E-state index is 12.4. The number of anilines is 3. The van der Waals surface area contributed by atoms with Gasteiger partial charge in [0.1, 0.15) is 5.69 Å². The Labute approximate surface area is 155 Å². The first-order valence-corrected chi connectivity index (χ1v) is 8.21. The van der Waals surface area contributed by atoms with Gasteiger partial charge in [0, 0.05) is 16.4 Å². The summed E-state index contributed by atoms with van der Waals surface area (Å²) in [5.74, 6) is -0.0376. The molecule has 0 fully saturated rings. The van der Waals surface area contributed by atoms with Crippen LogP contribution in [0.25, 0.3) is 0 Å². The van der Waals surface area contributed by atoms with Crippen molar-refractivity contribution in [3.8, 4) is 0 Å². The number of hydrogen-bond acceptors (Lipinski definition) is 4. The maximum absolute atomic E-state index is 12.4. The smallest absolute Gasteiger partial charge is 0.274 e. The highest BCUT2D eigenvalue weighted by Crippen LogP contribution is 2.23. The minimum atomic E-state index is -0.338. The van der Waals surface area contributed by atoms with Crippen LogP contribution in [-0.4, -0.2) is 15.9 Å². The molecule has 0 saturated carbocycles. The number of aryl methyl sites for hydroxylation is 1. The van der Waals surface area contributed by atoms with E-state index in [0.717, 1.165) is 0 Å². The molecule has 1 aromatic heterocycles. The van der Waals surface area contributed by atoms with Gasteiger partial charge < -0.3 is 10.6 Å². The van der Waals surface area contributed by atoms with E-state index in [-0.39, 0.29) is 11.6 Å². The van der Waals surface area contributed by atoms with Gasteiger partial charge in [0.2, 0.25) is 5.95 Å².